The first-order valence-corrected chi connectivity index (χ1v) is 7.02. The van der Waals surface area contributed by atoms with Crippen LogP contribution >= 0.6 is 11.6 Å². The van der Waals surface area contributed by atoms with Crippen molar-refractivity contribution in [3.05, 3.63) is 23.2 Å². The molecule has 1 heterocycles. The summed E-state index contributed by atoms with van der Waals surface area (Å²) >= 11 is 6.17. The van der Waals surface area contributed by atoms with Crippen molar-refractivity contribution in [2.24, 2.45) is 0 Å². The van der Waals surface area contributed by atoms with E-state index in [0.717, 1.165) is 17.9 Å². The van der Waals surface area contributed by atoms with E-state index in [4.69, 9.17) is 16.3 Å². The number of nitrogens with zero attached hydrogens (tertiary/aromatic N) is 1. The monoisotopic (exact) mass is 297 g/mol. The van der Waals surface area contributed by atoms with Gasteiger partial charge < -0.3 is 20.3 Å². The zero-order chi connectivity index (χ0) is 14.5. The second-order valence-corrected chi connectivity index (χ2v) is 5.42. The number of nitrogens with one attached hydrogen (secondary N) is 2. The number of anilines is 2. The van der Waals surface area contributed by atoms with E-state index in [1.54, 1.807) is 0 Å². The number of morpholine rings is 1. The molecule has 0 aromatic heterocycles. The predicted octanol–water partition coefficient (Wildman–Crippen LogP) is 1.72. The Bertz CT molecular complexity index is 473. The van der Waals surface area contributed by atoms with E-state index in [1.165, 1.54) is 0 Å². The van der Waals surface area contributed by atoms with Gasteiger partial charge in [0.1, 0.15) is 0 Å². The van der Waals surface area contributed by atoms with Gasteiger partial charge >= 0.3 is 0 Å². The summed E-state index contributed by atoms with van der Waals surface area (Å²) in [4.78, 5) is 14.0. The Hall–Kier alpha value is -1.30. The Morgan fingerprint density at radius 2 is 2.35 bits per heavy atom. The molecule has 1 aromatic rings. The van der Waals surface area contributed by atoms with Crippen LogP contribution in [-0.4, -0.2) is 45.8 Å². The van der Waals surface area contributed by atoms with E-state index in [9.17, 15) is 4.79 Å². The molecule has 1 aliphatic rings. The molecule has 1 fully saturated rings. The van der Waals surface area contributed by atoms with Gasteiger partial charge in [-0.25, -0.2) is 0 Å². The van der Waals surface area contributed by atoms with Gasteiger partial charge in [0.05, 0.1) is 29.6 Å². The zero-order valence-corrected chi connectivity index (χ0v) is 12.5. The number of carbonyl (C=O) groups excluding carboxylic acids is 1. The van der Waals surface area contributed by atoms with Crippen LogP contribution in [0.5, 0.6) is 0 Å². The quantitative estimate of drug-likeness (QED) is 0.888. The van der Waals surface area contributed by atoms with Crippen molar-refractivity contribution in [3.63, 3.8) is 0 Å². The van der Waals surface area contributed by atoms with Gasteiger partial charge in [-0.2, -0.15) is 0 Å². The number of carbonyl (C=O) groups is 1. The van der Waals surface area contributed by atoms with Crippen LogP contribution in [0.15, 0.2) is 18.2 Å². The van der Waals surface area contributed by atoms with Crippen LogP contribution < -0.4 is 15.5 Å². The summed E-state index contributed by atoms with van der Waals surface area (Å²) in [6, 6.07) is 5.56. The molecule has 0 saturated carbocycles. The molecule has 1 saturated heterocycles. The summed E-state index contributed by atoms with van der Waals surface area (Å²) in [6.07, 6.45) is 0.388. The lowest BCUT2D eigenvalue weighted by molar-refractivity contribution is -0.117. The molecule has 0 aliphatic carbocycles. The minimum absolute atomic E-state index is 0.0432. The molecule has 20 heavy (non-hydrogen) atoms. The largest absolute Gasteiger partial charge is 0.378 e. The molecule has 0 radical (unpaired) electrons. The number of hydrogen-bond acceptors (Lipinski definition) is 4. The normalized spacial score (nSPS) is 18.6. The fraction of sp³-hybridized carbons (Fsp3) is 0.500. The third-order valence-electron chi connectivity index (χ3n) is 3.14. The number of hydrogen-bond donors (Lipinski definition) is 2. The Labute approximate surface area is 124 Å². The molecule has 1 amide bonds. The molecular formula is C14H20ClN3O2. The van der Waals surface area contributed by atoms with E-state index in [1.807, 2.05) is 37.2 Å². The van der Waals surface area contributed by atoms with Crippen LogP contribution in [0.2, 0.25) is 5.02 Å². The van der Waals surface area contributed by atoms with Gasteiger partial charge in [-0.05, 0) is 12.1 Å². The van der Waals surface area contributed by atoms with Crippen LogP contribution in [0.25, 0.3) is 0 Å². The molecule has 1 unspecified atom stereocenters. The Kier molecular flexibility index (Phi) is 5.23. The van der Waals surface area contributed by atoms with Gasteiger partial charge in [-0.15, -0.1) is 0 Å². The first-order valence-electron chi connectivity index (χ1n) is 6.64. The van der Waals surface area contributed by atoms with Crippen molar-refractivity contribution in [1.29, 1.82) is 0 Å². The fourth-order valence-corrected chi connectivity index (χ4v) is 2.59. The van der Waals surface area contributed by atoms with Crippen LogP contribution in [0.4, 0.5) is 11.4 Å². The summed E-state index contributed by atoms with van der Waals surface area (Å²) in [5.74, 6) is -0.0432. The average Bonchev–Trinajstić information content (AvgIpc) is 2.39. The lowest BCUT2D eigenvalue weighted by Gasteiger charge is -2.24. The fourth-order valence-electron chi connectivity index (χ4n) is 2.25. The van der Waals surface area contributed by atoms with Gasteiger partial charge in [-0.1, -0.05) is 17.7 Å². The average molecular weight is 298 g/mol. The van der Waals surface area contributed by atoms with E-state index in [0.29, 0.717) is 24.7 Å². The third-order valence-corrected chi connectivity index (χ3v) is 3.44. The standard InChI is InChI=1S/C14H20ClN3O2/c1-18(2)14-11(15)4-3-5-12(14)17-13(19)8-10-9-20-7-6-16-10/h3-5,10,16H,6-9H2,1-2H3,(H,17,19). The van der Waals surface area contributed by atoms with E-state index in [2.05, 4.69) is 10.6 Å². The van der Waals surface area contributed by atoms with Crippen molar-refractivity contribution in [2.75, 3.05) is 44.1 Å². The molecule has 2 rings (SSSR count). The number of amides is 1. The van der Waals surface area contributed by atoms with E-state index in [-0.39, 0.29) is 11.9 Å². The molecular weight excluding hydrogens is 278 g/mol. The van der Waals surface area contributed by atoms with Gasteiger partial charge in [0.15, 0.2) is 0 Å². The minimum Gasteiger partial charge on any atom is -0.378 e. The molecule has 110 valence electrons. The maximum Gasteiger partial charge on any atom is 0.226 e. The van der Waals surface area contributed by atoms with E-state index >= 15 is 0 Å². The SMILES string of the molecule is CN(C)c1c(Cl)cccc1NC(=O)CC1COCCN1. The summed E-state index contributed by atoms with van der Waals surface area (Å²) in [5.41, 5.74) is 1.54. The number of benzene rings is 1. The number of para-hydroxylation sites is 1. The first kappa shape index (κ1) is 15.1. The maximum absolute atomic E-state index is 12.1. The summed E-state index contributed by atoms with van der Waals surface area (Å²) in [6.45, 7) is 2.07. The lowest BCUT2D eigenvalue weighted by atomic mass is 10.2. The highest BCUT2D eigenvalue weighted by molar-refractivity contribution is 6.34. The van der Waals surface area contributed by atoms with Crippen LogP contribution in [0, 0.1) is 0 Å². The van der Waals surface area contributed by atoms with Crippen LogP contribution in [0.1, 0.15) is 6.42 Å². The Morgan fingerprint density at radius 1 is 1.55 bits per heavy atom. The number of ether oxygens (including phenoxy) is 1. The Morgan fingerprint density at radius 3 is 3.00 bits per heavy atom. The predicted molar refractivity (Wildman–Crippen MR) is 81.6 cm³/mol. The van der Waals surface area contributed by atoms with Crippen LogP contribution in [-0.2, 0) is 9.53 Å². The highest BCUT2D eigenvalue weighted by Gasteiger charge is 2.18. The first-order chi connectivity index (χ1) is 9.58. The summed E-state index contributed by atoms with van der Waals surface area (Å²) in [5, 5.41) is 6.80. The topological polar surface area (TPSA) is 53.6 Å². The van der Waals surface area contributed by atoms with Gasteiger partial charge in [-0.3, -0.25) is 4.79 Å². The van der Waals surface area contributed by atoms with Crippen molar-refractivity contribution >= 4 is 28.9 Å². The molecule has 1 atom stereocenters. The second kappa shape index (κ2) is 6.92. The molecule has 1 aliphatic heterocycles. The van der Waals surface area contributed by atoms with Gasteiger partial charge in [0.25, 0.3) is 0 Å². The minimum atomic E-state index is -0.0432. The molecule has 0 bridgehead atoms. The summed E-state index contributed by atoms with van der Waals surface area (Å²) < 4.78 is 5.34. The number of rotatable bonds is 4. The molecule has 1 aromatic carbocycles. The van der Waals surface area contributed by atoms with Gasteiger partial charge in [0.2, 0.25) is 5.91 Å². The molecule has 5 nitrogen and oxygen atoms in total. The molecule has 6 heteroatoms. The van der Waals surface area contributed by atoms with E-state index < -0.39 is 0 Å². The highest BCUT2D eigenvalue weighted by atomic mass is 35.5. The third kappa shape index (κ3) is 3.85. The molecule has 0 spiro atoms. The summed E-state index contributed by atoms with van der Waals surface area (Å²) in [7, 11) is 3.79. The van der Waals surface area contributed by atoms with Gasteiger partial charge in [0, 0.05) is 33.1 Å². The van der Waals surface area contributed by atoms with Crippen molar-refractivity contribution in [1.82, 2.24) is 5.32 Å². The zero-order valence-electron chi connectivity index (χ0n) is 11.8. The highest BCUT2D eigenvalue weighted by Crippen LogP contribution is 2.32. The van der Waals surface area contributed by atoms with Crippen molar-refractivity contribution < 1.29 is 9.53 Å². The lowest BCUT2D eigenvalue weighted by Crippen LogP contribution is -2.43. The Balaban J connectivity index is 2.02. The van der Waals surface area contributed by atoms with Crippen molar-refractivity contribution in [3.8, 4) is 0 Å². The van der Waals surface area contributed by atoms with Crippen LogP contribution in [0.3, 0.4) is 0 Å². The molecule has 2 N–H and O–H groups in total. The smallest absolute Gasteiger partial charge is 0.226 e. The second-order valence-electron chi connectivity index (χ2n) is 5.01. The van der Waals surface area contributed by atoms with Crippen molar-refractivity contribution in [2.45, 2.75) is 12.5 Å². The maximum atomic E-state index is 12.1. The number of halogens is 1.